The minimum atomic E-state index is -0.591. The molecule has 1 saturated heterocycles. The van der Waals surface area contributed by atoms with Crippen LogP contribution >= 0.6 is 0 Å². The third-order valence-corrected chi connectivity index (χ3v) is 9.92. The summed E-state index contributed by atoms with van der Waals surface area (Å²) in [6.07, 6.45) is 7.18. The Morgan fingerprint density at radius 1 is 0.927 bits per heavy atom. The fraction of sp³-hybridized carbons (Fsp3) is 0.475. The number of likely N-dealkylation sites (N-methyl/N-ethyl adjacent to an activating group) is 2. The number of ether oxygens (including phenoxy) is 3. The van der Waals surface area contributed by atoms with Crippen LogP contribution in [-0.4, -0.2) is 109 Å². The maximum Gasteiger partial charge on any atom is 0.411 e. The third-order valence-electron chi connectivity index (χ3n) is 9.92. The number of hydrogen-bond acceptors (Lipinski definition) is 10. The lowest BCUT2D eigenvalue weighted by Gasteiger charge is -2.29. The first-order valence-electron chi connectivity index (χ1n) is 19.2. The highest BCUT2D eigenvalue weighted by molar-refractivity contribution is 5.95. The number of H-pyrrole nitrogens is 2. The quantitative estimate of drug-likeness (QED) is 0.105. The second-order valence-electron chi connectivity index (χ2n) is 14.2. The van der Waals surface area contributed by atoms with E-state index in [1.165, 1.54) is 0 Å². The molecule has 2 aliphatic heterocycles. The van der Waals surface area contributed by atoms with Gasteiger partial charge in [0.25, 0.3) is 0 Å². The van der Waals surface area contributed by atoms with Crippen LogP contribution in [0.4, 0.5) is 10.5 Å². The summed E-state index contributed by atoms with van der Waals surface area (Å²) in [6, 6.07) is 11.4. The van der Waals surface area contributed by atoms with Crippen molar-refractivity contribution in [3.8, 4) is 39.4 Å². The molecule has 2 aliphatic rings. The van der Waals surface area contributed by atoms with Gasteiger partial charge in [-0.15, -0.1) is 0 Å². The van der Waals surface area contributed by atoms with Crippen LogP contribution in [-0.2, 0) is 25.5 Å². The standard InChI is InChI=1S/C40H53N9O6/c1-25(2)37(42-4)39(51)49-15-7-8-33(49)38-45-23-32(47-38)27-11-13-29-28-12-10-26(31-22-44-35(46-31)9-5-6-14-43-36(50)24-41-3)20-30(28)48-40(52)55-19-17-53-16-18-54-34(29)21-27/h10-13,20-23,25,33,37,41-42H,5-9,14-19,24H2,1-4H3,(H,43,50)(H,44,46)(H,45,47)(H,48,52). The van der Waals surface area contributed by atoms with Gasteiger partial charge in [0.15, 0.2) is 0 Å². The van der Waals surface area contributed by atoms with Gasteiger partial charge in [0.05, 0.1) is 61.3 Å². The summed E-state index contributed by atoms with van der Waals surface area (Å²) in [5.74, 6) is 2.45. The molecule has 2 unspecified atom stereocenters. The third kappa shape index (κ3) is 9.90. The first-order chi connectivity index (χ1) is 26.7. The molecule has 0 spiro atoms. The number of aryl methyl sites for hydroxylation is 1. The van der Waals surface area contributed by atoms with Crippen LogP contribution in [0.1, 0.15) is 57.2 Å². The molecule has 55 heavy (non-hydrogen) atoms. The largest absolute Gasteiger partial charge is 0.491 e. The molecule has 294 valence electrons. The first kappa shape index (κ1) is 39.4. The van der Waals surface area contributed by atoms with Gasteiger partial charge in [0.1, 0.15) is 30.6 Å². The van der Waals surface area contributed by atoms with Crippen LogP contribution in [0.5, 0.6) is 5.75 Å². The number of amides is 3. The molecule has 3 amide bonds. The number of fused-ring (bicyclic) bond motifs is 3. The average Bonchev–Trinajstić information content (AvgIpc) is 3.96. The molecular weight excluding hydrogens is 702 g/mol. The van der Waals surface area contributed by atoms with Crippen LogP contribution in [0.2, 0.25) is 0 Å². The highest BCUT2D eigenvalue weighted by Crippen LogP contribution is 2.40. The fourth-order valence-electron chi connectivity index (χ4n) is 7.13. The zero-order chi connectivity index (χ0) is 38.7. The average molecular weight is 756 g/mol. The molecule has 2 aromatic heterocycles. The summed E-state index contributed by atoms with van der Waals surface area (Å²) in [7, 11) is 3.57. The van der Waals surface area contributed by atoms with Crippen molar-refractivity contribution < 1.29 is 28.6 Å². The Balaban J connectivity index is 1.24. The number of nitrogens with one attached hydrogen (secondary N) is 6. The van der Waals surface area contributed by atoms with Gasteiger partial charge in [-0.1, -0.05) is 32.0 Å². The predicted molar refractivity (Wildman–Crippen MR) is 210 cm³/mol. The summed E-state index contributed by atoms with van der Waals surface area (Å²) in [5, 5.41) is 11.9. The number of carbonyl (C=O) groups is 3. The molecular formula is C40H53N9O6. The van der Waals surface area contributed by atoms with E-state index >= 15 is 0 Å². The number of aromatic amines is 2. The van der Waals surface area contributed by atoms with E-state index in [9.17, 15) is 14.4 Å². The lowest BCUT2D eigenvalue weighted by molar-refractivity contribution is -0.135. The lowest BCUT2D eigenvalue weighted by atomic mass is 9.97. The highest BCUT2D eigenvalue weighted by atomic mass is 16.6. The van der Waals surface area contributed by atoms with Gasteiger partial charge in [0.2, 0.25) is 11.8 Å². The molecule has 1 fully saturated rings. The van der Waals surface area contributed by atoms with E-state index in [1.807, 2.05) is 62.2 Å². The Kier molecular flexibility index (Phi) is 13.5. The number of aromatic nitrogens is 4. The number of likely N-dealkylation sites (tertiary alicyclic amines) is 1. The molecule has 0 aliphatic carbocycles. The van der Waals surface area contributed by atoms with E-state index in [4.69, 9.17) is 19.2 Å². The van der Waals surface area contributed by atoms with Crippen LogP contribution in [0.15, 0.2) is 48.8 Å². The van der Waals surface area contributed by atoms with Crippen molar-refractivity contribution in [2.45, 2.75) is 58.0 Å². The van der Waals surface area contributed by atoms with Crippen molar-refractivity contribution in [1.82, 2.24) is 40.8 Å². The molecule has 0 radical (unpaired) electrons. The summed E-state index contributed by atoms with van der Waals surface area (Å²) in [4.78, 5) is 56.3. The first-order valence-corrected chi connectivity index (χ1v) is 19.2. The summed E-state index contributed by atoms with van der Waals surface area (Å²) < 4.78 is 17.4. The van der Waals surface area contributed by atoms with E-state index in [2.05, 4.69) is 36.2 Å². The smallest absolute Gasteiger partial charge is 0.411 e. The maximum absolute atomic E-state index is 13.5. The minimum Gasteiger partial charge on any atom is -0.491 e. The Morgan fingerprint density at radius 3 is 2.45 bits per heavy atom. The number of hydrogen-bond donors (Lipinski definition) is 6. The summed E-state index contributed by atoms with van der Waals surface area (Å²) >= 11 is 0. The van der Waals surface area contributed by atoms with E-state index < -0.39 is 6.09 Å². The Labute approximate surface area is 321 Å². The Morgan fingerprint density at radius 2 is 1.67 bits per heavy atom. The SMILES string of the molecule is CNCC(=O)NCCCCc1ncc(-c2ccc3c(c2)NC(=O)OCCOCCOc2cc(-c4cnc(C5CCCN5C(=O)C(NC)C(C)C)[nH]4)ccc2-3)[nH]1. The highest BCUT2D eigenvalue weighted by Gasteiger charge is 2.36. The summed E-state index contributed by atoms with van der Waals surface area (Å²) in [6.45, 7) is 6.65. The minimum absolute atomic E-state index is 0.0202. The van der Waals surface area contributed by atoms with E-state index in [0.29, 0.717) is 44.3 Å². The van der Waals surface area contributed by atoms with Crippen molar-refractivity contribution in [2.24, 2.45) is 5.92 Å². The second-order valence-corrected chi connectivity index (χ2v) is 14.2. The van der Waals surface area contributed by atoms with Gasteiger partial charge in [-0.2, -0.15) is 0 Å². The maximum atomic E-state index is 13.5. The van der Waals surface area contributed by atoms with Gasteiger partial charge in [-0.05, 0) is 63.9 Å². The Bertz CT molecular complexity index is 1920. The monoisotopic (exact) mass is 755 g/mol. The van der Waals surface area contributed by atoms with Crippen molar-refractivity contribution in [1.29, 1.82) is 0 Å². The zero-order valence-electron chi connectivity index (χ0n) is 32.1. The molecule has 2 aromatic carbocycles. The molecule has 0 bridgehead atoms. The number of anilines is 1. The topological polar surface area (TPSA) is 188 Å². The van der Waals surface area contributed by atoms with Gasteiger partial charge in [0, 0.05) is 41.8 Å². The van der Waals surface area contributed by atoms with Crippen molar-refractivity contribution in [2.75, 3.05) is 65.5 Å². The number of rotatable bonds is 13. The van der Waals surface area contributed by atoms with Gasteiger partial charge in [-0.3, -0.25) is 14.9 Å². The Hall–Kier alpha value is -5.25. The van der Waals surface area contributed by atoms with Crippen molar-refractivity contribution in [3.05, 3.63) is 60.4 Å². The molecule has 6 rings (SSSR count). The molecule has 2 atom stereocenters. The molecule has 4 heterocycles. The number of cyclic esters (lactones) is 1. The van der Waals surface area contributed by atoms with Crippen LogP contribution in [0.25, 0.3) is 33.6 Å². The van der Waals surface area contributed by atoms with E-state index in [-0.39, 0.29) is 43.0 Å². The van der Waals surface area contributed by atoms with E-state index in [0.717, 1.165) is 77.4 Å². The number of imidazole rings is 2. The van der Waals surface area contributed by atoms with Gasteiger partial charge in [-0.25, -0.2) is 14.8 Å². The van der Waals surface area contributed by atoms with Gasteiger partial charge < -0.3 is 45.0 Å². The fourth-order valence-corrected chi connectivity index (χ4v) is 7.13. The second kappa shape index (κ2) is 18.9. The normalized spacial score (nSPS) is 16.8. The number of benzene rings is 2. The number of carbonyl (C=O) groups excluding carboxylic acids is 3. The molecule has 15 nitrogen and oxygen atoms in total. The molecule has 6 N–H and O–H groups in total. The van der Waals surface area contributed by atoms with Gasteiger partial charge >= 0.3 is 6.09 Å². The molecule has 4 aromatic rings. The predicted octanol–water partition coefficient (Wildman–Crippen LogP) is 4.66. The molecule has 15 heteroatoms. The number of nitrogens with zero attached hydrogens (tertiary/aromatic N) is 3. The van der Waals surface area contributed by atoms with Crippen LogP contribution in [0, 0.1) is 5.92 Å². The van der Waals surface area contributed by atoms with Crippen molar-refractivity contribution in [3.63, 3.8) is 0 Å². The lowest BCUT2D eigenvalue weighted by Crippen LogP contribution is -2.47. The van der Waals surface area contributed by atoms with Crippen molar-refractivity contribution >= 4 is 23.6 Å². The summed E-state index contributed by atoms with van der Waals surface area (Å²) in [5.41, 5.74) is 5.38. The van der Waals surface area contributed by atoms with E-state index in [1.54, 1.807) is 19.4 Å². The number of unbranched alkanes of at least 4 members (excludes halogenated alkanes) is 1. The van der Waals surface area contributed by atoms with Crippen LogP contribution < -0.4 is 26.0 Å². The van der Waals surface area contributed by atoms with Crippen LogP contribution in [0.3, 0.4) is 0 Å². The molecule has 0 saturated carbocycles. The zero-order valence-corrected chi connectivity index (χ0v) is 32.1.